The number of benzene rings is 2. The third-order valence-electron chi connectivity index (χ3n) is 6.56. The van der Waals surface area contributed by atoms with Gasteiger partial charge in [0.2, 0.25) is 0 Å². The summed E-state index contributed by atoms with van der Waals surface area (Å²) in [5.41, 5.74) is 5.46. The van der Waals surface area contributed by atoms with Crippen molar-refractivity contribution < 1.29 is 19.0 Å². The Balaban J connectivity index is 1.28. The van der Waals surface area contributed by atoms with Crippen LogP contribution in [0, 0.1) is 11.3 Å². The molecule has 0 radical (unpaired) electrons. The molecular weight excluding hydrogens is 526 g/mol. The molecule has 3 heterocycles. The van der Waals surface area contributed by atoms with Gasteiger partial charge in [0.05, 0.1) is 36.6 Å². The van der Waals surface area contributed by atoms with Crippen LogP contribution in [0.15, 0.2) is 42.6 Å². The highest BCUT2D eigenvalue weighted by Gasteiger charge is 2.24. The molecule has 0 spiro atoms. The molecule has 0 bridgehead atoms. The molecular formula is C28H31N9O4. The maximum atomic E-state index is 12.8. The number of hydrogen-bond donors (Lipinski definition) is 2. The van der Waals surface area contributed by atoms with Gasteiger partial charge in [-0.3, -0.25) is 15.2 Å². The number of fused-ring (bicyclic) bond motifs is 1. The largest absolute Gasteiger partial charge is 0.493 e. The minimum Gasteiger partial charge on any atom is -0.493 e. The van der Waals surface area contributed by atoms with Crippen molar-refractivity contribution in [1.29, 1.82) is 5.26 Å². The molecule has 5 rings (SSSR count). The summed E-state index contributed by atoms with van der Waals surface area (Å²) in [4.78, 5) is 19.5. The van der Waals surface area contributed by atoms with Crippen molar-refractivity contribution in [3.8, 4) is 23.3 Å². The summed E-state index contributed by atoms with van der Waals surface area (Å²) in [6.07, 6.45) is 2.12. The van der Waals surface area contributed by atoms with E-state index < -0.39 is 0 Å². The van der Waals surface area contributed by atoms with Crippen LogP contribution in [0.1, 0.15) is 35.6 Å². The second-order valence-corrected chi connectivity index (χ2v) is 9.69. The van der Waals surface area contributed by atoms with Crippen molar-refractivity contribution in [2.75, 3.05) is 44.8 Å². The first kappa shape index (κ1) is 27.6. The van der Waals surface area contributed by atoms with Gasteiger partial charge in [-0.1, -0.05) is 5.21 Å². The predicted octanol–water partition coefficient (Wildman–Crippen LogP) is 2.50. The van der Waals surface area contributed by atoms with E-state index in [9.17, 15) is 10.1 Å². The fraction of sp³-hybridized carbons (Fsp3) is 0.357. The van der Waals surface area contributed by atoms with Crippen LogP contribution in [-0.2, 0) is 6.42 Å². The Labute approximate surface area is 237 Å². The number of aromatic nitrogens is 5. The molecule has 212 valence electrons. The molecule has 0 unspecified atom stereocenters. The van der Waals surface area contributed by atoms with Crippen LogP contribution in [0.5, 0.6) is 17.2 Å². The molecule has 13 heteroatoms. The molecule has 0 atom stereocenters. The number of tetrazole rings is 1. The number of hydrogen-bond acceptors (Lipinski definition) is 11. The van der Waals surface area contributed by atoms with Crippen molar-refractivity contribution in [3.63, 3.8) is 0 Å². The van der Waals surface area contributed by atoms with Crippen LogP contribution in [0.2, 0.25) is 0 Å². The van der Waals surface area contributed by atoms with Gasteiger partial charge in [-0.15, -0.1) is 10.2 Å². The Morgan fingerprint density at radius 1 is 1.15 bits per heavy atom. The number of carbonyl (C=O) groups is 1. The molecule has 1 saturated heterocycles. The first-order chi connectivity index (χ1) is 19.9. The van der Waals surface area contributed by atoms with Crippen molar-refractivity contribution in [3.05, 3.63) is 59.5 Å². The summed E-state index contributed by atoms with van der Waals surface area (Å²) in [5, 5.41) is 26.4. The Morgan fingerprint density at radius 3 is 2.59 bits per heavy atom. The van der Waals surface area contributed by atoms with E-state index in [1.54, 1.807) is 37.6 Å². The number of H-pyrrole nitrogens is 1. The number of methoxy groups -OCH3 is 1. The summed E-state index contributed by atoms with van der Waals surface area (Å²) in [6.45, 7) is 6.58. The summed E-state index contributed by atoms with van der Waals surface area (Å²) >= 11 is 0. The number of amides is 1. The van der Waals surface area contributed by atoms with Gasteiger partial charge in [0.1, 0.15) is 11.8 Å². The van der Waals surface area contributed by atoms with Gasteiger partial charge in [0.25, 0.3) is 5.91 Å². The summed E-state index contributed by atoms with van der Waals surface area (Å²) in [5.74, 6) is 2.15. The van der Waals surface area contributed by atoms with Gasteiger partial charge in [0.15, 0.2) is 17.3 Å². The number of rotatable bonds is 10. The van der Waals surface area contributed by atoms with Gasteiger partial charge in [0, 0.05) is 55.8 Å². The lowest BCUT2D eigenvalue weighted by atomic mass is 10.1. The third kappa shape index (κ3) is 6.44. The minimum atomic E-state index is -0.182. The number of aromatic amines is 1. The lowest BCUT2D eigenvalue weighted by Gasteiger charge is -2.36. The summed E-state index contributed by atoms with van der Waals surface area (Å²) in [7, 11) is 1.57. The smallest absolute Gasteiger partial charge is 0.265 e. The number of anilines is 1. The van der Waals surface area contributed by atoms with Crippen molar-refractivity contribution in [2.24, 2.45) is 0 Å². The lowest BCUT2D eigenvalue weighted by molar-refractivity contribution is 0.0777. The monoisotopic (exact) mass is 557 g/mol. The van der Waals surface area contributed by atoms with E-state index in [1.807, 2.05) is 31.0 Å². The first-order valence-corrected chi connectivity index (χ1v) is 13.3. The molecule has 1 aliphatic rings. The molecule has 4 aromatic rings. The highest BCUT2D eigenvalue weighted by molar-refractivity contribution is 5.97. The number of nitrogens with zero attached hydrogens (tertiary/aromatic N) is 7. The third-order valence-corrected chi connectivity index (χ3v) is 6.56. The van der Waals surface area contributed by atoms with Gasteiger partial charge >= 0.3 is 0 Å². The lowest BCUT2D eigenvalue weighted by Crippen LogP contribution is -2.53. The summed E-state index contributed by atoms with van der Waals surface area (Å²) < 4.78 is 17.2. The number of hydrazine groups is 1. The average molecular weight is 558 g/mol. The zero-order valence-corrected chi connectivity index (χ0v) is 23.1. The maximum Gasteiger partial charge on any atom is 0.265 e. The second kappa shape index (κ2) is 12.5. The van der Waals surface area contributed by atoms with Gasteiger partial charge in [-0.25, -0.2) is 5.01 Å². The molecule has 1 amide bonds. The molecule has 0 aliphatic carbocycles. The van der Waals surface area contributed by atoms with E-state index in [4.69, 9.17) is 14.2 Å². The van der Waals surface area contributed by atoms with Gasteiger partial charge < -0.3 is 19.1 Å². The number of nitriles is 1. The van der Waals surface area contributed by atoms with Crippen LogP contribution >= 0.6 is 0 Å². The molecule has 41 heavy (non-hydrogen) atoms. The Morgan fingerprint density at radius 2 is 1.93 bits per heavy atom. The van der Waals surface area contributed by atoms with Crippen molar-refractivity contribution in [2.45, 2.75) is 26.4 Å². The number of pyridine rings is 1. The van der Waals surface area contributed by atoms with E-state index in [0.29, 0.717) is 73.2 Å². The standard InChI is InChI=1S/C28H31N9O4/c1-18(2)41-21-6-4-19(5-7-21)28(38)33-37-11-9-36(10-12-37)27-20(16-29)17-30-23-15-25(24(39-3)14-22(23)27)40-13-8-26-31-34-35-32-26/h4-7,14-15,17-18H,8-13H2,1-3H3,(H,33,38)(H,31,32,34,35). The van der Waals surface area contributed by atoms with Crippen LogP contribution < -0.4 is 24.5 Å². The van der Waals surface area contributed by atoms with E-state index in [2.05, 4.69) is 42.0 Å². The van der Waals surface area contributed by atoms with Gasteiger partial charge in [-0.2, -0.15) is 10.5 Å². The fourth-order valence-electron chi connectivity index (χ4n) is 4.63. The summed E-state index contributed by atoms with van der Waals surface area (Å²) in [6, 6.07) is 13.0. The number of piperazine rings is 1. The SMILES string of the molecule is COc1cc2c(N3CCN(NC(=O)c4ccc(OC(C)C)cc4)CC3)c(C#N)cnc2cc1OCCc1nn[nH]n1. The molecule has 1 fully saturated rings. The maximum absolute atomic E-state index is 12.8. The van der Waals surface area contributed by atoms with E-state index >= 15 is 0 Å². The molecule has 2 N–H and O–H groups in total. The quantitative estimate of drug-likeness (QED) is 0.295. The van der Waals surface area contributed by atoms with Crippen LogP contribution in [0.4, 0.5) is 5.69 Å². The van der Waals surface area contributed by atoms with Gasteiger partial charge in [-0.05, 0) is 44.2 Å². The Hall–Kier alpha value is -4.96. The fourth-order valence-corrected chi connectivity index (χ4v) is 4.63. The topological polar surface area (TPSA) is 154 Å². The Bertz CT molecular complexity index is 1530. The molecule has 13 nitrogen and oxygen atoms in total. The van der Waals surface area contributed by atoms with E-state index in [0.717, 1.165) is 16.8 Å². The van der Waals surface area contributed by atoms with Crippen LogP contribution in [-0.4, -0.2) is 82.5 Å². The number of nitrogens with one attached hydrogen (secondary N) is 2. The first-order valence-electron chi connectivity index (χ1n) is 13.3. The highest BCUT2D eigenvalue weighted by atomic mass is 16.5. The van der Waals surface area contributed by atoms with E-state index in [1.165, 1.54) is 0 Å². The zero-order chi connectivity index (χ0) is 28.8. The zero-order valence-electron chi connectivity index (χ0n) is 23.1. The molecule has 0 saturated carbocycles. The number of ether oxygens (including phenoxy) is 3. The van der Waals surface area contributed by atoms with Crippen molar-refractivity contribution in [1.82, 2.24) is 36.0 Å². The molecule has 1 aliphatic heterocycles. The Kier molecular flexibility index (Phi) is 8.40. The van der Waals surface area contributed by atoms with Crippen molar-refractivity contribution >= 4 is 22.5 Å². The molecule has 2 aromatic heterocycles. The van der Waals surface area contributed by atoms with Crippen LogP contribution in [0.3, 0.4) is 0 Å². The minimum absolute atomic E-state index is 0.0650. The predicted molar refractivity (Wildman–Crippen MR) is 150 cm³/mol. The van der Waals surface area contributed by atoms with E-state index in [-0.39, 0.29) is 12.0 Å². The average Bonchev–Trinajstić information content (AvgIpc) is 3.50. The molecule has 2 aromatic carbocycles. The second-order valence-electron chi connectivity index (χ2n) is 9.69. The van der Waals surface area contributed by atoms with Crippen LogP contribution in [0.25, 0.3) is 10.9 Å². The number of carbonyl (C=O) groups excluding carboxylic acids is 1. The normalized spacial score (nSPS) is 13.7. The highest BCUT2D eigenvalue weighted by Crippen LogP contribution is 2.38.